The summed E-state index contributed by atoms with van der Waals surface area (Å²) in [7, 11) is 1.62. The lowest BCUT2D eigenvalue weighted by Crippen LogP contribution is -2.22. The van der Waals surface area contributed by atoms with Crippen LogP contribution in [0.1, 0.15) is 46.0 Å². The van der Waals surface area contributed by atoms with Gasteiger partial charge in [0.15, 0.2) is 5.60 Å². The summed E-state index contributed by atoms with van der Waals surface area (Å²) in [6, 6.07) is 9.40. The van der Waals surface area contributed by atoms with Crippen molar-refractivity contribution in [1.29, 1.82) is 0 Å². The molecule has 0 bridgehead atoms. The summed E-state index contributed by atoms with van der Waals surface area (Å²) < 4.78 is 0. The maximum Gasteiger partial charge on any atom is 0.251 e. The highest BCUT2D eigenvalue weighted by Gasteiger charge is 2.37. The highest BCUT2D eigenvalue weighted by atomic mass is 35.5. The fourth-order valence-corrected chi connectivity index (χ4v) is 3.52. The number of carbonyl (C=O) groups excluding carboxylic acids is 1. The number of carbonyl (C=O) groups is 1. The largest absolute Gasteiger partial charge is 0.384 e. The molecule has 0 aromatic heterocycles. The van der Waals surface area contributed by atoms with Gasteiger partial charge in [-0.1, -0.05) is 34.4 Å². The lowest BCUT2D eigenvalue weighted by atomic mass is 9.88. The number of oxime groups is 1. The van der Waals surface area contributed by atoms with Crippen LogP contribution in [-0.2, 0) is 10.4 Å². The molecular weight excluding hydrogens is 371 g/mol. The quantitative estimate of drug-likeness (QED) is 0.800. The topological polar surface area (TPSA) is 50.7 Å². The molecule has 1 aliphatic heterocycles. The van der Waals surface area contributed by atoms with Gasteiger partial charge in [-0.25, -0.2) is 0 Å². The molecule has 26 heavy (non-hydrogen) atoms. The number of halogens is 2. The second-order valence-electron chi connectivity index (χ2n) is 6.71. The van der Waals surface area contributed by atoms with Gasteiger partial charge < -0.3 is 10.2 Å². The Morgan fingerprint density at radius 1 is 1.19 bits per heavy atom. The summed E-state index contributed by atoms with van der Waals surface area (Å²) >= 11 is 12.6. The van der Waals surface area contributed by atoms with Crippen LogP contribution in [-0.4, -0.2) is 18.7 Å². The third-order valence-electron chi connectivity index (χ3n) is 4.79. The zero-order valence-electron chi connectivity index (χ0n) is 15.1. The minimum absolute atomic E-state index is 0.104. The first kappa shape index (κ1) is 18.7. The molecule has 0 radical (unpaired) electrons. The van der Waals surface area contributed by atoms with Crippen molar-refractivity contribution >= 4 is 34.8 Å². The zero-order valence-corrected chi connectivity index (χ0v) is 16.6. The van der Waals surface area contributed by atoms with Gasteiger partial charge in [0.25, 0.3) is 5.91 Å². The van der Waals surface area contributed by atoms with Crippen molar-refractivity contribution in [2.24, 2.45) is 5.16 Å². The van der Waals surface area contributed by atoms with Gasteiger partial charge in [-0.05, 0) is 61.7 Å². The Labute approximate surface area is 163 Å². The Morgan fingerprint density at radius 2 is 1.85 bits per heavy atom. The first-order valence-corrected chi connectivity index (χ1v) is 9.05. The molecule has 2 aromatic carbocycles. The van der Waals surface area contributed by atoms with Crippen LogP contribution in [0.5, 0.6) is 0 Å². The summed E-state index contributed by atoms with van der Waals surface area (Å²) in [5.41, 5.74) is 4.39. The number of hydrogen-bond acceptors (Lipinski definition) is 3. The van der Waals surface area contributed by atoms with E-state index < -0.39 is 5.60 Å². The highest BCUT2D eigenvalue weighted by Crippen LogP contribution is 2.39. The van der Waals surface area contributed by atoms with Crippen LogP contribution in [0.4, 0.5) is 0 Å². The third-order valence-corrected chi connectivity index (χ3v) is 5.57. The Bertz CT molecular complexity index is 901. The van der Waals surface area contributed by atoms with Crippen molar-refractivity contribution in [1.82, 2.24) is 5.32 Å². The number of benzene rings is 2. The molecule has 0 fully saturated rings. The molecule has 1 aliphatic rings. The lowest BCUT2D eigenvalue weighted by molar-refractivity contribution is -0.00738. The van der Waals surface area contributed by atoms with Gasteiger partial charge in [-0.3, -0.25) is 4.79 Å². The van der Waals surface area contributed by atoms with E-state index in [0.29, 0.717) is 22.0 Å². The Kier molecular flexibility index (Phi) is 5.00. The molecule has 1 heterocycles. The van der Waals surface area contributed by atoms with Gasteiger partial charge >= 0.3 is 0 Å². The maximum atomic E-state index is 11.9. The minimum Gasteiger partial charge on any atom is -0.384 e. The Hall–Kier alpha value is -2.04. The molecule has 1 amide bonds. The predicted molar refractivity (Wildman–Crippen MR) is 105 cm³/mol. The monoisotopic (exact) mass is 390 g/mol. The summed E-state index contributed by atoms with van der Waals surface area (Å²) in [5, 5.41) is 8.14. The average molecular weight is 391 g/mol. The highest BCUT2D eigenvalue weighted by molar-refractivity contribution is 6.36. The van der Waals surface area contributed by atoms with E-state index >= 15 is 0 Å². The number of nitrogens with one attached hydrogen (secondary N) is 1. The van der Waals surface area contributed by atoms with Crippen LogP contribution >= 0.6 is 23.2 Å². The standard InChI is InChI=1S/C20H20Cl2N2O2/c1-11-7-13(5-6-15(11)19(25)23-4)18-10-20(3,26-24-18)14-8-16(21)12(2)17(22)9-14/h5-9H,10H2,1-4H3,(H,23,25). The van der Waals surface area contributed by atoms with Gasteiger partial charge in [0.1, 0.15) is 0 Å². The molecule has 0 saturated carbocycles. The second-order valence-corrected chi connectivity index (χ2v) is 7.53. The molecule has 1 unspecified atom stereocenters. The molecule has 1 atom stereocenters. The average Bonchev–Trinajstić information content (AvgIpc) is 3.02. The molecule has 3 rings (SSSR count). The second kappa shape index (κ2) is 6.93. The van der Waals surface area contributed by atoms with Crippen LogP contribution in [0.25, 0.3) is 0 Å². The third kappa shape index (κ3) is 3.31. The molecule has 2 aromatic rings. The lowest BCUT2D eigenvalue weighted by Gasteiger charge is -2.23. The van der Waals surface area contributed by atoms with E-state index in [9.17, 15) is 4.79 Å². The van der Waals surface area contributed by atoms with Gasteiger partial charge in [-0.15, -0.1) is 0 Å². The van der Waals surface area contributed by atoms with Crippen molar-refractivity contribution in [3.63, 3.8) is 0 Å². The molecule has 0 spiro atoms. The van der Waals surface area contributed by atoms with Gasteiger partial charge in [0, 0.05) is 34.6 Å². The first-order valence-electron chi connectivity index (χ1n) is 8.29. The SMILES string of the molecule is CNC(=O)c1ccc(C2=NOC(C)(c3cc(Cl)c(C)c(Cl)c3)C2)cc1C. The first-order chi connectivity index (χ1) is 12.2. The summed E-state index contributed by atoms with van der Waals surface area (Å²) in [4.78, 5) is 17.6. The van der Waals surface area contributed by atoms with E-state index in [1.54, 1.807) is 13.1 Å². The zero-order chi connectivity index (χ0) is 19.1. The molecule has 136 valence electrons. The van der Waals surface area contributed by atoms with E-state index in [0.717, 1.165) is 28.0 Å². The van der Waals surface area contributed by atoms with E-state index in [2.05, 4.69) is 10.5 Å². The van der Waals surface area contributed by atoms with Crippen molar-refractivity contribution < 1.29 is 9.63 Å². The van der Waals surface area contributed by atoms with Gasteiger partial charge in [0.2, 0.25) is 0 Å². The van der Waals surface area contributed by atoms with E-state index in [-0.39, 0.29) is 5.91 Å². The fourth-order valence-electron chi connectivity index (χ4n) is 3.03. The number of amides is 1. The van der Waals surface area contributed by atoms with Gasteiger partial charge in [-0.2, -0.15) is 0 Å². The van der Waals surface area contributed by atoms with Crippen LogP contribution in [0.3, 0.4) is 0 Å². The molecular formula is C20H20Cl2N2O2. The summed E-state index contributed by atoms with van der Waals surface area (Å²) in [6.07, 6.45) is 0.585. The van der Waals surface area contributed by atoms with Crippen LogP contribution in [0.15, 0.2) is 35.5 Å². The molecule has 6 heteroatoms. The number of nitrogens with zero attached hydrogens (tertiary/aromatic N) is 1. The summed E-state index contributed by atoms with van der Waals surface area (Å²) in [6.45, 7) is 5.75. The summed E-state index contributed by atoms with van der Waals surface area (Å²) in [5.74, 6) is -0.104. The van der Waals surface area contributed by atoms with E-state index in [1.165, 1.54) is 0 Å². The maximum absolute atomic E-state index is 11.9. The van der Waals surface area contributed by atoms with Crippen LogP contribution < -0.4 is 5.32 Å². The van der Waals surface area contributed by atoms with Crippen molar-refractivity contribution in [3.05, 3.63) is 68.2 Å². The predicted octanol–water partition coefficient (Wildman–Crippen LogP) is 5.01. The van der Waals surface area contributed by atoms with Crippen molar-refractivity contribution in [2.75, 3.05) is 7.05 Å². The number of hydrogen-bond donors (Lipinski definition) is 1. The molecule has 0 aliphatic carbocycles. The van der Waals surface area contributed by atoms with E-state index in [1.807, 2.05) is 45.0 Å². The van der Waals surface area contributed by atoms with Crippen LogP contribution in [0, 0.1) is 13.8 Å². The van der Waals surface area contributed by atoms with Crippen molar-refractivity contribution in [3.8, 4) is 0 Å². The number of aryl methyl sites for hydroxylation is 1. The molecule has 4 nitrogen and oxygen atoms in total. The Balaban J connectivity index is 1.88. The normalized spacial score (nSPS) is 19.1. The molecule has 1 N–H and O–H groups in total. The molecule has 0 saturated heterocycles. The fraction of sp³-hybridized carbons (Fsp3) is 0.300. The number of rotatable bonds is 3. The van der Waals surface area contributed by atoms with Crippen LogP contribution in [0.2, 0.25) is 10.0 Å². The smallest absolute Gasteiger partial charge is 0.251 e. The van der Waals surface area contributed by atoms with E-state index in [4.69, 9.17) is 28.0 Å². The minimum atomic E-state index is -0.635. The Morgan fingerprint density at radius 3 is 2.42 bits per heavy atom. The van der Waals surface area contributed by atoms with Gasteiger partial charge in [0.05, 0.1) is 5.71 Å². The van der Waals surface area contributed by atoms with Crippen molar-refractivity contribution in [2.45, 2.75) is 32.8 Å².